The van der Waals surface area contributed by atoms with Gasteiger partial charge in [0.25, 0.3) is 0 Å². The molecule has 2 N–H and O–H groups in total. The zero-order valence-corrected chi connectivity index (χ0v) is 14.1. The Kier molecular flexibility index (Phi) is 4.69. The van der Waals surface area contributed by atoms with Gasteiger partial charge in [0.05, 0.1) is 22.1 Å². The maximum Gasteiger partial charge on any atom is 0.417 e. The Morgan fingerprint density at radius 2 is 2.00 bits per heavy atom. The Balaban J connectivity index is 2.46. The van der Waals surface area contributed by atoms with E-state index in [9.17, 15) is 21.6 Å². The number of rotatable bonds is 2. The van der Waals surface area contributed by atoms with E-state index in [1.807, 2.05) is 13.8 Å². The summed E-state index contributed by atoms with van der Waals surface area (Å²) >= 11 is 0. The molecular weight excluding hydrogens is 343 g/mol. The Hall–Kier alpha value is -1.63. The third kappa shape index (κ3) is 3.41. The lowest BCUT2D eigenvalue weighted by atomic mass is 9.81. The molecule has 1 aromatic rings. The van der Waals surface area contributed by atoms with E-state index < -0.39 is 37.6 Å². The first-order chi connectivity index (χ1) is 10.9. The van der Waals surface area contributed by atoms with Gasteiger partial charge in [-0.3, -0.25) is 0 Å². The highest BCUT2D eigenvalue weighted by atomic mass is 32.2. The van der Waals surface area contributed by atoms with Crippen LogP contribution in [0.1, 0.15) is 31.4 Å². The molecular formula is C15H18F3N3O2S. The summed E-state index contributed by atoms with van der Waals surface area (Å²) in [5, 5.41) is 8.80. The van der Waals surface area contributed by atoms with Crippen LogP contribution in [0.2, 0.25) is 0 Å². The molecule has 0 bridgehead atoms. The second kappa shape index (κ2) is 6.02. The number of hydrogen-bond acceptors (Lipinski definition) is 4. The van der Waals surface area contributed by atoms with Gasteiger partial charge in [0.1, 0.15) is 0 Å². The van der Waals surface area contributed by atoms with Gasteiger partial charge in [-0.1, -0.05) is 13.8 Å². The van der Waals surface area contributed by atoms with Gasteiger partial charge in [-0.25, -0.2) is 8.42 Å². The van der Waals surface area contributed by atoms with Gasteiger partial charge in [0.15, 0.2) is 0 Å². The number of sulfonamides is 1. The Bertz CT molecular complexity index is 782. The van der Waals surface area contributed by atoms with Crippen molar-refractivity contribution in [3.63, 3.8) is 0 Å². The highest BCUT2D eigenvalue weighted by Gasteiger charge is 2.40. The molecule has 0 aromatic heterocycles. The lowest BCUT2D eigenvalue weighted by Crippen LogP contribution is -2.53. The van der Waals surface area contributed by atoms with Crippen LogP contribution in [-0.4, -0.2) is 31.9 Å². The molecule has 1 fully saturated rings. The molecule has 1 aliphatic rings. The van der Waals surface area contributed by atoms with Crippen molar-refractivity contribution in [2.45, 2.75) is 37.4 Å². The molecule has 0 amide bonds. The van der Waals surface area contributed by atoms with E-state index in [1.54, 1.807) is 0 Å². The summed E-state index contributed by atoms with van der Waals surface area (Å²) in [4.78, 5) is -0.472. The molecule has 9 heteroatoms. The normalized spacial score (nSPS) is 22.1. The van der Waals surface area contributed by atoms with Crippen LogP contribution < -0.4 is 5.73 Å². The SMILES string of the molecule is CC1(C)CN(S(=O)(=O)c2ccc(C#N)c(C(F)(F)F)c2)CCC1N. The predicted molar refractivity (Wildman–Crippen MR) is 81.3 cm³/mol. The lowest BCUT2D eigenvalue weighted by molar-refractivity contribution is -0.137. The zero-order valence-electron chi connectivity index (χ0n) is 13.3. The minimum absolute atomic E-state index is 0.123. The summed E-state index contributed by atoms with van der Waals surface area (Å²) in [6, 6.07) is 3.69. The molecule has 1 aliphatic heterocycles. The van der Waals surface area contributed by atoms with Gasteiger partial charge in [0.2, 0.25) is 10.0 Å². The fourth-order valence-corrected chi connectivity index (χ4v) is 4.35. The van der Waals surface area contributed by atoms with Crippen LogP contribution >= 0.6 is 0 Å². The third-order valence-electron chi connectivity index (χ3n) is 4.33. The average Bonchev–Trinajstić information content (AvgIpc) is 2.48. The third-order valence-corrected chi connectivity index (χ3v) is 6.17. The number of halogens is 3. The first-order valence-electron chi connectivity index (χ1n) is 7.26. The molecule has 1 heterocycles. The number of alkyl halides is 3. The fraction of sp³-hybridized carbons (Fsp3) is 0.533. The smallest absolute Gasteiger partial charge is 0.327 e. The van der Waals surface area contributed by atoms with Crippen molar-refractivity contribution in [3.8, 4) is 6.07 Å². The van der Waals surface area contributed by atoms with Gasteiger partial charge in [-0.05, 0) is 30.0 Å². The molecule has 1 aromatic carbocycles. The second-order valence-corrected chi connectivity index (χ2v) is 8.48. The van der Waals surface area contributed by atoms with E-state index in [0.717, 1.165) is 16.4 Å². The molecule has 24 heavy (non-hydrogen) atoms. The van der Waals surface area contributed by atoms with E-state index in [1.165, 1.54) is 6.07 Å². The van der Waals surface area contributed by atoms with E-state index in [4.69, 9.17) is 11.0 Å². The van der Waals surface area contributed by atoms with Gasteiger partial charge < -0.3 is 5.73 Å². The molecule has 1 atom stereocenters. The predicted octanol–water partition coefficient (Wildman–Crippen LogP) is 2.32. The van der Waals surface area contributed by atoms with E-state index in [-0.39, 0.29) is 19.1 Å². The molecule has 0 saturated carbocycles. The zero-order chi connectivity index (χ0) is 18.3. The Morgan fingerprint density at radius 3 is 2.50 bits per heavy atom. The van der Waals surface area contributed by atoms with Crippen LogP contribution in [0, 0.1) is 16.7 Å². The largest absolute Gasteiger partial charge is 0.417 e. The standard InChI is InChI=1S/C15H18F3N3O2S/c1-14(2)9-21(6-5-13(14)20)24(22,23)11-4-3-10(8-19)12(7-11)15(16,17)18/h3-4,7,13H,5-6,9,20H2,1-2H3. The molecule has 0 spiro atoms. The molecule has 1 unspecified atom stereocenters. The summed E-state index contributed by atoms with van der Waals surface area (Å²) in [6.45, 7) is 3.91. The average molecular weight is 361 g/mol. The highest BCUT2D eigenvalue weighted by Crippen LogP contribution is 2.35. The Labute approximate surface area is 138 Å². The minimum atomic E-state index is -4.81. The monoisotopic (exact) mass is 361 g/mol. The Morgan fingerprint density at radius 1 is 1.38 bits per heavy atom. The van der Waals surface area contributed by atoms with Crippen molar-refractivity contribution < 1.29 is 21.6 Å². The quantitative estimate of drug-likeness (QED) is 0.876. The van der Waals surface area contributed by atoms with Crippen LogP contribution in [0.25, 0.3) is 0 Å². The maximum absolute atomic E-state index is 13.0. The lowest BCUT2D eigenvalue weighted by Gasteiger charge is -2.41. The number of hydrogen-bond donors (Lipinski definition) is 1. The van der Waals surface area contributed by atoms with Crippen molar-refractivity contribution in [1.29, 1.82) is 5.26 Å². The number of nitriles is 1. The van der Waals surface area contributed by atoms with Crippen LogP contribution in [-0.2, 0) is 16.2 Å². The summed E-state index contributed by atoms with van der Waals surface area (Å²) in [5.74, 6) is 0. The summed E-state index contributed by atoms with van der Waals surface area (Å²) in [6.07, 6.45) is -4.38. The molecule has 2 rings (SSSR count). The first-order valence-corrected chi connectivity index (χ1v) is 8.70. The van der Waals surface area contributed by atoms with Crippen LogP contribution in [0.4, 0.5) is 13.2 Å². The summed E-state index contributed by atoms with van der Waals surface area (Å²) in [7, 11) is -4.10. The molecule has 5 nitrogen and oxygen atoms in total. The van der Waals surface area contributed by atoms with Crippen LogP contribution in [0.5, 0.6) is 0 Å². The summed E-state index contributed by atoms with van der Waals surface area (Å²) < 4.78 is 65.7. The fourth-order valence-electron chi connectivity index (χ4n) is 2.69. The van der Waals surface area contributed by atoms with Crippen molar-refractivity contribution >= 4 is 10.0 Å². The number of piperidine rings is 1. The second-order valence-electron chi connectivity index (χ2n) is 6.54. The molecule has 132 valence electrons. The first kappa shape index (κ1) is 18.7. The van der Waals surface area contributed by atoms with E-state index in [0.29, 0.717) is 12.5 Å². The van der Waals surface area contributed by atoms with Gasteiger partial charge >= 0.3 is 6.18 Å². The molecule has 1 saturated heterocycles. The highest BCUT2D eigenvalue weighted by molar-refractivity contribution is 7.89. The number of benzene rings is 1. The van der Waals surface area contributed by atoms with Crippen molar-refractivity contribution in [3.05, 3.63) is 29.3 Å². The van der Waals surface area contributed by atoms with E-state index in [2.05, 4.69) is 0 Å². The van der Waals surface area contributed by atoms with Crippen molar-refractivity contribution in [2.24, 2.45) is 11.1 Å². The maximum atomic E-state index is 13.0. The number of nitrogens with two attached hydrogens (primary N) is 1. The summed E-state index contributed by atoms with van der Waals surface area (Å²) in [5.41, 5.74) is 3.63. The van der Waals surface area contributed by atoms with E-state index >= 15 is 0 Å². The topological polar surface area (TPSA) is 87.2 Å². The van der Waals surface area contributed by atoms with Crippen LogP contribution in [0.15, 0.2) is 23.1 Å². The number of nitrogens with zero attached hydrogens (tertiary/aromatic N) is 2. The minimum Gasteiger partial charge on any atom is -0.327 e. The molecule has 0 aliphatic carbocycles. The van der Waals surface area contributed by atoms with Crippen molar-refractivity contribution in [1.82, 2.24) is 4.31 Å². The van der Waals surface area contributed by atoms with Crippen molar-refractivity contribution in [2.75, 3.05) is 13.1 Å². The van der Waals surface area contributed by atoms with Gasteiger partial charge in [0, 0.05) is 19.1 Å². The molecule has 0 radical (unpaired) electrons. The van der Waals surface area contributed by atoms with Gasteiger partial charge in [-0.15, -0.1) is 0 Å². The van der Waals surface area contributed by atoms with Gasteiger partial charge in [-0.2, -0.15) is 22.7 Å². The van der Waals surface area contributed by atoms with Crippen LogP contribution in [0.3, 0.4) is 0 Å².